The second-order valence-corrected chi connectivity index (χ2v) is 4.24. The van der Waals surface area contributed by atoms with Gasteiger partial charge in [0.15, 0.2) is 0 Å². The molecule has 1 rings (SSSR count). The third kappa shape index (κ3) is 3.88. The van der Waals surface area contributed by atoms with Crippen LogP contribution in [-0.2, 0) is 4.79 Å². The Morgan fingerprint density at radius 3 is 2.71 bits per heavy atom. The number of hydrogen-bond acceptors (Lipinski definition) is 3. The molecule has 4 heteroatoms. The Balaban J connectivity index is 2.08. The van der Waals surface area contributed by atoms with Crippen LogP contribution >= 0.6 is 12.6 Å². The first-order valence-corrected chi connectivity index (χ1v) is 5.95. The predicted octanol–water partition coefficient (Wildman–Crippen LogP) is 0.907. The molecule has 0 saturated heterocycles. The molecule has 0 aliphatic heterocycles. The van der Waals surface area contributed by atoms with Crippen molar-refractivity contribution in [1.29, 1.82) is 0 Å². The van der Waals surface area contributed by atoms with Crippen LogP contribution in [0.25, 0.3) is 0 Å². The number of hydrogen-bond donors (Lipinski definition) is 2. The number of rotatable bonds is 5. The highest BCUT2D eigenvalue weighted by atomic mass is 32.1. The molecule has 1 amide bonds. The molecule has 0 heterocycles. The van der Waals surface area contributed by atoms with Gasteiger partial charge in [-0.1, -0.05) is 12.8 Å². The SMILES string of the molecule is CN(CCNC(=O)CS)C1CCCC1. The molecule has 0 atom stereocenters. The highest BCUT2D eigenvalue weighted by molar-refractivity contribution is 7.81. The van der Waals surface area contributed by atoms with Crippen LogP contribution < -0.4 is 5.32 Å². The van der Waals surface area contributed by atoms with Crippen LogP contribution in [0, 0.1) is 0 Å². The van der Waals surface area contributed by atoms with Gasteiger partial charge in [-0.15, -0.1) is 0 Å². The maximum Gasteiger partial charge on any atom is 0.229 e. The minimum atomic E-state index is 0.0214. The van der Waals surface area contributed by atoms with E-state index in [2.05, 4.69) is 29.9 Å². The Labute approximate surface area is 91.6 Å². The number of nitrogens with zero attached hydrogens (tertiary/aromatic N) is 1. The number of carbonyl (C=O) groups excluding carboxylic acids is 1. The molecule has 1 aliphatic rings. The van der Waals surface area contributed by atoms with E-state index in [1.165, 1.54) is 25.7 Å². The van der Waals surface area contributed by atoms with Crippen molar-refractivity contribution in [1.82, 2.24) is 10.2 Å². The number of thiol groups is 1. The topological polar surface area (TPSA) is 32.3 Å². The molecule has 0 bridgehead atoms. The van der Waals surface area contributed by atoms with Crippen LogP contribution in [0.2, 0.25) is 0 Å². The summed E-state index contributed by atoms with van der Waals surface area (Å²) in [7, 11) is 2.14. The molecule has 0 aromatic rings. The van der Waals surface area contributed by atoms with Crippen molar-refractivity contribution in [3.8, 4) is 0 Å². The lowest BCUT2D eigenvalue weighted by molar-refractivity contribution is -0.118. The van der Waals surface area contributed by atoms with Crippen molar-refractivity contribution >= 4 is 18.5 Å². The molecule has 1 N–H and O–H groups in total. The lowest BCUT2D eigenvalue weighted by atomic mass is 10.2. The minimum absolute atomic E-state index is 0.0214. The molecule has 1 fully saturated rings. The van der Waals surface area contributed by atoms with E-state index >= 15 is 0 Å². The summed E-state index contributed by atoms with van der Waals surface area (Å²) in [6.45, 7) is 1.69. The Morgan fingerprint density at radius 1 is 1.50 bits per heavy atom. The largest absolute Gasteiger partial charge is 0.354 e. The molecule has 0 aromatic heterocycles. The third-order valence-electron chi connectivity index (χ3n) is 2.88. The summed E-state index contributed by atoms with van der Waals surface area (Å²) in [4.78, 5) is 13.3. The van der Waals surface area contributed by atoms with Crippen molar-refractivity contribution in [3.63, 3.8) is 0 Å². The zero-order valence-corrected chi connectivity index (χ0v) is 9.72. The molecular formula is C10H20N2OS. The smallest absolute Gasteiger partial charge is 0.229 e. The first kappa shape index (κ1) is 11.9. The number of likely N-dealkylation sites (N-methyl/N-ethyl adjacent to an activating group) is 1. The molecule has 82 valence electrons. The van der Waals surface area contributed by atoms with Gasteiger partial charge in [0.05, 0.1) is 5.75 Å². The number of amides is 1. The van der Waals surface area contributed by atoms with E-state index in [0.717, 1.165) is 19.1 Å². The Hall–Kier alpha value is -0.220. The van der Waals surface area contributed by atoms with Crippen LogP contribution in [0.3, 0.4) is 0 Å². The maximum absolute atomic E-state index is 10.9. The van der Waals surface area contributed by atoms with Crippen LogP contribution in [0.4, 0.5) is 0 Å². The summed E-state index contributed by atoms with van der Waals surface area (Å²) in [5, 5.41) is 2.83. The average molecular weight is 216 g/mol. The van der Waals surface area contributed by atoms with Gasteiger partial charge in [0.2, 0.25) is 5.91 Å². The third-order valence-corrected chi connectivity index (χ3v) is 3.17. The van der Waals surface area contributed by atoms with Gasteiger partial charge in [-0.2, -0.15) is 12.6 Å². The highest BCUT2D eigenvalue weighted by Gasteiger charge is 2.18. The van der Waals surface area contributed by atoms with Crippen LogP contribution in [0.1, 0.15) is 25.7 Å². The summed E-state index contributed by atoms with van der Waals surface area (Å²) in [6, 6.07) is 0.739. The fraction of sp³-hybridized carbons (Fsp3) is 0.900. The first-order valence-electron chi connectivity index (χ1n) is 5.32. The van der Waals surface area contributed by atoms with Crippen LogP contribution in [0.15, 0.2) is 0 Å². The van der Waals surface area contributed by atoms with E-state index in [0.29, 0.717) is 0 Å². The molecule has 14 heavy (non-hydrogen) atoms. The molecule has 3 nitrogen and oxygen atoms in total. The fourth-order valence-corrected chi connectivity index (χ4v) is 2.07. The minimum Gasteiger partial charge on any atom is -0.354 e. The second-order valence-electron chi connectivity index (χ2n) is 3.93. The molecule has 0 aromatic carbocycles. The second kappa shape index (κ2) is 6.30. The van der Waals surface area contributed by atoms with Gasteiger partial charge in [-0.05, 0) is 19.9 Å². The summed E-state index contributed by atoms with van der Waals surface area (Å²) in [5.41, 5.74) is 0. The molecule has 1 saturated carbocycles. The first-order chi connectivity index (χ1) is 6.74. The van der Waals surface area contributed by atoms with Crippen LogP contribution in [0.5, 0.6) is 0 Å². The highest BCUT2D eigenvalue weighted by Crippen LogP contribution is 2.21. The fourth-order valence-electron chi connectivity index (χ4n) is 1.96. The van der Waals surface area contributed by atoms with Crippen molar-refractivity contribution < 1.29 is 4.79 Å². The quantitative estimate of drug-likeness (QED) is 0.670. The summed E-state index contributed by atoms with van der Waals surface area (Å²) >= 11 is 3.90. The number of carbonyl (C=O) groups is 1. The maximum atomic E-state index is 10.9. The van der Waals surface area contributed by atoms with E-state index in [-0.39, 0.29) is 11.7 Å². The van der Waals surface area contributed by atoms with E-state index in [1.807, 2.05) is 0 Å². The van der Waals surface area contributed by atoms with Gasteiger partial charge in [-0.25, -0.2) is 0 Å². The zero-order chi connectivity index (χ0) is 10.4. The van der Waals surface area contributed by atoms with Crippen LogP contribution in [-0.4, -0.2) is 42.7 Å². The van der Waals surface area contributed by atoms with Gasteiger partial charge in [0.1, 0.15) is 0 Å². The van der Waals surface area contributed by atoms with E-state index in [9.17, 15) is 4.79 Å². The van der Waals surface area contributed by atoms with Gasteiger partial charge >= 0.3 is 0 Å². The average Bonchev–Trinajstić information content (AvgIpc) is 2.70. The Bertz CT molecular complexity index is 181. The van der Waals surface area contributed by atoms with Crippen molar-refractivity contribution in [2.75, 3.05) is 25.9 Å². The predicted molar refractivity (Wildman–Crippen MR) is 61.7 cm³/mol. The van der Waals surface area contributed by atoms with Gasteiger partial charge in [-0.3, -0.25) is 4.79 Å². The van der Waals surface area contributed by atoms with Crippen molar-refractivity contribution in [2.24, 2.45) is 0 Å². The van der Waals surface area contributed by atoms with Gasteiger partial charge in [0.25, 0.3) is 0 Å². The lowest BCUT2D eigenvalue weighted by Gasteiger charge is -2.23. The standard InChI is InChI=1S/C10H20N2OS/c1-12(9-4-2-3-5-9)7-6-11-10(13)8-14/h9,14H,2-8H2,1H3,(H,11,13). The molecule has 0 unspecified atom stereocenters. The van der Waals surface area contributed by atoms with E-state index < -0.39 is 0 Å². The Morgan fingerprint density at radius 2 is 2.14 bits per heavy atom. The number of nitrogens with one attached hydrogen (secondary N) is 1. The zero-order valence-electron chi connectivity index (χ0n) is 8.83. The Kier molecular flexibility index (Phi) is 5.33. The van der Waals surface area contributed by atoms with Crippen molar-refractivity contribution in [3.05, 3.63) is 0 Å². The molecule has 0 radical (unpaired) electrons. The van der Waals surface area contributed by atoms with E-state index in [4.69, 9.17) is 0 Å². The summed E-state index contributed by atoms with van der Waals surface area (Å²) in [6.07, 6.45) is 5.35. The van der Waals surface area contributed by atoms with Gasteiger partial charge in [0, 0.05) is 19.1 Å². The normalized spacial score (nSPS) is 17.6. The van der Waals surface area contributed by atoms with Crippen molar-refractivity contribution in [2.45, 2.75) is 31.7 Å². The monoisotopic (exact) mass is 216 g/mol. The lowest BCUT2D eigenvalue weighted by Crippen LogP contribution is -2.37. The molecule has 1 aliphatic carbocycles. The van der Waals surface area contributed by atoms with Gasteiger partial charge < -0.3 is 10.2 Å². The molecular weight excluding hydrogens is 196 g/mol. The van der Waals surface area contributed by atoms with E-state index in [1.54, 1.807) is 0 Å². The summed E-state index contributed by atoms with van der Waals surface area (Å²) in [5.74, 6) is 0.306. The molecule has 0 spiro atoms. The summed E-state index contributed by atoms with van der Waals surface area (Å²) < 4.78 is 0.